The Morgan fingerprint density at radius 1 is 1.20 bits per heavy atom. The molecule has 0 aromatic rings. The number of ether oxygens (including phenoxy) is 1. The summed E-state index contributed by atoms with van der Waals surface area (Å²) in [7, 11) is -1.49. The van der Waals surface area contributed by atoms with Crippen molar-refractivity contribution >= 4 is 21.8 Å². The van der Waals surface area contributed by atoms with E-state index in [4.69, 9.17) is 4.74 Å². The lowest BCUT2D eigenvalue weighted by molar-refractivity contribution is -0.149. The van der Waals surface area contributed by atoms with Crippen molar-refractivity contribution in [2.24, 2.45) is 10.9 Å². The summed E-state index contributed by atoms with van der Waals surface area (Å²) in [6.45, 7) is 7.68. The van der Waals surface area contributed by atoms with Gasteiger partial charge in [0.1, 0.15) is 0 Å². The Balaban J connectivity index is 2.40. The van der Waals surface area contributed by atoms with Gasteiger partial charge in [0.15, 0.2) is 15.8 Å². The molecule has 0 amide bonds. The molecule has 25 heavy (non-hydrogen) atoms. The van der Waals surface area contributed by atoms with Gasteiger partial charge in [-0.25, -0.2) is 8.42 Å². The number of carbonyl (C=O) groups excluding carboxylic acids is 1. The molecule has 0 atom stereocenters. The van der Waals surface area contributed by atoms with E-state index in [2.05, 4.69) is 15.6 Å². The summed E-state index contributed by atoms with van der Waals surface area (Å²) in [6, 6.07) is 0.232. The standard InChI is InChI=1S/C17H33N3O4S/c1-6-24-15(21)13-7-9-14(10-8-13)20-16(18-5)19-11-12-25(22,23)17(2,3)4/h13-14H,6-12H2,1-5H3,(H2,18,19,20). The van der Waals surface area contributed by atoms with Gasteiger partial charge in [0.2, 0.25) is 0 Å². The summed E-state index contributed by atoms with van der Waals surface area (Å²) in [5, 5.41) is 6.38. The molecular weight excluding hydrogens is 342 g/mol. The third kappa shape index (κ3) is 6.84. The minimum atomic E-state index is -3.15. The van der Waals surface area contributed by atoms with Crippen molar-refractivity contribution in [1.82, 2.24) is 10.6 Å². The fourth-order valence-corrected chi connectivity index (χ4v) is 3.71. The number of carbonyl (C=O) groups is 1. The molecule has 0 aliphatic heterocycles. The first kappa shape index (κ1) is 21.7. The maximum atomic E-state index is 12.1. The van der Waals surface area contributed by atoms with Gasteiger partial charge in [-0.2, -0.15) is 0 Å². The number of rotatable bonds is 6. The highest BCUT2D eigenvalue weighted by atomic mass is 32.2. The number of hydrogen-bond donors (Lipinski definition) is 2. The summed E-state index contributed by atoms with van der Waals surface area (Å²) in [5.74, 6) is 0.553. The number of hydrogen-bond acceptors (Lipinski definition) is 5. The molecular formula is C17H33N3O4S. The Morgan fingerprint density at radius 2 is 1.80 bits per heavy atom. The molecule has 0 aromatic carbocycles. The molecule has 0 heterocycles. The van der Waals surface area contributed by atoms with E-state index in [-0.39, 0.29) is 23.7 Å². The monoisotopic (exact) mass is 375 g/mol. The molecule has 1 fully saturated rings. The lowest BCUT2D eigenvalue weighted by Crippen LogP contribution is -2.47. The van der Waals surface area contributed by atoms with Crippen molar-refractivity contribution < 1.29 is 17.9 Å². The maximum Gasteiger partial charge on any atom is 0.308 e. The highest BCUT2D eigenvalue weighted by Crippen LogP contribution is 2.25. The third-order valence-electron chi connectivity index (χ3n) is 4.51. The fraction of sp³-hybridized carbons (Fsp3) is 0.882. The van der Waals surface area contributed by atoms with Crippen molar-refractivity contribution in [3.63, 3.8) is 0 Å². The molecule has 0 unspecified atom stereocenters. The van der Waals surface area contributed by atoms with Crippen LogP contribution < -0.4 is 10.6 Å². The van der Waals surface area contributed by atoms with Crippen LogP contribution in [0.5, 0.6) is 0 Å². The number of aliphatic imine (C=N–C) groups is 1. The van der Waals surface area contributed by atoms with Crippen LogP contribution in [0.1, 0.15) is 53.4 Å². The minimum Gasteiger partial charge on any atom is -0.466 e. The molecule has 146 valence electrons. The fourth-order valence-electron chi connectivity index (χ4n) is 2.73. The van der Waals surface area contributed by atoms with Gasteiger partial charge in [-0.1, -0.05) is 0 Å². The molecule has 1 aliphatic rings. The second-order valence-corrected chi connectivity index (χ2v) is 10.2. The van der Waals surface area contributed by atoms with Gasteiger partial charge in [0.05, 0.1) is 23.0 Å². The first-order valence-corrected chi connectivity index (χ1v) is 10.6. The van der Waals surface area contributed by atoms with E-state index in [1.807, 2.05) is 6.92 Å². The van der Waals surface area contributed by atoms with Crippen LogP contribution in [0.3, 0.4) is 0 Å². The Hall–Kier alpha value is -1.31. The van der Waals surface area contributed by atoms with Crippen molar-refractivity contribution in [3.05, 3.63) is 0 Å². The number of guanidine groups is 1. The van der Waals surface area contributed by atoms with Crippen LogP contribution in [-0.2, 0) is 19.4 Å². The van der Waals surface area contributed by atoms with Crippen molar-refractivity contribution in [3.8, 4) is 0 Å². The zero-order chi connectivity index (χ0) is 19.1. The van der Waals surface area contributed by atoms with E-state index >= 15 is 0 Å². The van der Waals surface area contributed by atoms with E-state index in [0.29, 0.717) is 19.1 Å². The first-order valence-electron chi connectivity index (χ1n) is 8.96. The number of esters is 1. The van der Waals surface area contributed by atoms with Crippen LogP contribution in [0.4, 0.5) is 0 Å². The second kappa shape index (κ2) is 9.40. The quantitative estimate of drug-likeness (QED) is 0.415. The molecule has 1 saturated carbocycles. The zero-order valence-corrected chi connectivity index (χ0v) is 16.9. The van der Waals surface area contributed by atoms with E-state index in [1.54, 1.807) is 27.8 Å². The summed E-state index contributed by atoms with van der Waals surface area (Å²) < 4.78 is 28.6. The predicted octanol–water partition coefficient (Wildman–Crippen LogP) is 1.49. The van der Waals surface area contributed by atoms with Crippen LogP contribution in [0.25, 0.3) is 0 Å². The van der Waals surface area contributed by atoms with Crippen LogP contribution in [0.2, 0.25) is 0 Å². The summed E-state index contributed by atoms with van der Waals surface area (Å²) >= 11 is 0. The number of nitrogens with one attached hydrogen (secondary N) is 2. The first-order chi connectivity index (χ1) is 11.6. The highest BCUT2D eigenvalue weighted by Gasteiger charge is 2.29. The SMILES string of the molecule is CCOC(=O)C1CCC(NC(=NC)NCCS(=O)(=O)C(C)(C)C)CC1. The van der Waals surface area contributed by atoms with Gasteiger partial charge < -0.3 is 15.4 Å². The molecule has 1 rings (SSSR count). The van der Waals surface area contributed by atoms with Gasteiger partial charge in [-0.05, 0) is 53.4 Å². The van der Waals surface area contributed by atoms with Crippen molar-refractivity contribution in [2.75, 3.05) is 26.0 Å². The molecule has 8 heteroatoms. The van der Waals surface area contributed by atoms with E-state index in [1.165, 1.54) is 0 Å². The average Bonchev–Trinajstić information content (AvgIpc) is 2.53. The van der Waals surface area contributed by atoms with Crippen LogP contribution in [0, 0.1) is 5.92 Å². The van der Waals surface area contributed by atoms with E-state index in [0.717, 1.165) is 25.7 Å². The molecule has 2 N–H and O–H groups in total. The van der Waals surface area contributed by atoms with Gasteiger partial charge in [0.25, 0.3) is 0 Å². The van der Waals surface area contributed by atoms with Gasteiger partial charge in [-0.15, -0.1) is 0 Å². The number of nitrogens with zero attached hydrogens (tertiary/aromatic N) is 1. The highest BCUT2D eigenvalue weighted by molar-refractivity contribution is 7.92. The van der Waals surface area contributed by atoms with E-state index < -0.39 is 14.6 Å². The summed E-state index contributed by atoms with van der Waals surface area (Å²) in [6.07, 6.45) is 3.33. The Labute approximate surface area is 151 Å². The third-order valence-corrected chi connectivity index (χ3v) is 7.12. The average molecular weight is 376 g/mol. The second-order valence-electron chi connectivity index (χ2n) is 7.38. The van der Waals surface area contributed by atoms with Gasteiger partial charge >= 0.3 is 5.97 Å². The Bertz CT molecular complexity index is 559. The predicted molar refractivity (Wildman–Crippen MR) is 100 cm³/mol. The van der Waals surface area contributed by atoms with Crippen molar-refractivity contribution in [2.45, 2.75) is 64.2 Å². The normalized spacial score (nSPS) is 22.4. The molecule has 0 radical (unpaired) electrons. The molecule has 0 spiro atoms. The molecule has 0 aromatic heterocycles. The largest absolute Gasteiger partial charge is 0.466 e. The minimum absolute atomic E-state index is 0.00935. The molecule has 0 saturated heterocycles. The number of sulfone groups is 1. The van der Waals surface area contributed by atoms with Crippen LogP contribution >= 0.6 is 0 Å². The smallest absolute Gasteiger partial charge is 0.308 e. The Morgan fingerprint density at radius 3 is 2.28 bits per heavy atom. The molecule has 1 aliphatic carbocycles. The topological polar surface area (TPSA) is 96.9 Å². The van der Waals surface area contributed by atoms with Crippen LogP contribution in [0.15, 0.2) is 4.99 Å². The molecule has 7 nitrogen and oxygen atoms in total. The zero-order valence-electron chi connectivity index (χ0n) is 16.1. The van der Waals surface area contributed by atoms with Gasteiger partial charge in [0, 0.05) is 19.6 Å². The summed E-state index contributed by atoms with van der Waals surface area (Å²) in [4.78, 5) is 15.9. The lowest BCUT2D eigenvalue weighted by atomic mass is 9.86. The molecule has 0 bridgehead atoms. The lowest BCUT2D eigenvalue weighted by Gasteiger charge is -2.29. The van der Waals surface area contributed by atoms with Crippen LogP contribution in [-0.4, -0.2) is 57.1 Å². The Kier molecular flexibility index (Phi) is 8.18. The van der Waals surface area contributed by atoms with Crippen molar-refractivity contribution in [1.29, 1.82) is 0 Å². The maximum absolute atomic E-state index is 12.1. The summed E-state index contributed by atoms with van der Waals surface area (Å²) in [5.41, 5.74) is 0. The van der Waals surface area contributed by atoms with Gasteiger partial charge in [-0.3, -0.25) is 9.79 Å². The van der Waals surface area contributed by atoms with E-state index in [9.17, 15) is 13.2 Å².